The lowest BCUT2D eigenvalue weighted by molar-refractivity contribution is -0.0155. The van der Waals surface area contributed by atoms with Crippen LogP contribution in [0.4, 0.5) is 0 Å². The zero-order chi connectivity index (χ0) is 19.0. The molecule has 2 bridgehead atoms. The van der Waals surface area contributed by atoms with Crippen molar-refractivity contribution in [3.63, 3.8) is 0 Å². The molecule has 2 unspecified atom stereocenters. The number of nitrogens with two attached hydrogens (primary N) is 1. The average Bonchev–Trinajstić information content (AvgIpc) is 3.29. The largest absolute Gasteiger partial charge is 0.401 e. The molecule has 3 aliphatic rings. The van der Waals surface area contributed by atoms with Gasteiger partial charge < -0.3 is 25.8 Å². The van der Waals surface area contributed by atoms with Crippen LogP contribution in [0.3, 0.4) is 0 Å². The van der Waals surface area contributed by atoms with Crippen LogP contribution in [0.15, 0.2) is 46.7 Å². The molecule has 2 saturated heterocycles. The third kappa shape index (κ3) is 3.35. The minimum atomic E-state index is -0.186. The van der Waals surface area contributed by atoms with Gasteiger partial charge in [-0.25, -0.2) is 4.99 Å². The van der Waals surface area contributed by atoms with Crippen LogP contribution in [0.2, 0.25) is 0 Å². The lowest BCUT2D eigenvalue weighted by atomic mass is 9.81. The summed E-state index contributed by atoms with van der Waals surface area (Å²) in [6, 6.07) is 3.93. The quantitative estimate of drug-likeness (QED) is 0.486. The summed E-state index contributed by atoms with van der Waals surface area (Å²) in [5.74, 6) is 0.775. The Kier molecular flexibility index (Phi) is 4.70. The number of aromatic amines is 1. The van der Waals surface area contributed by atoms with E-state index in [1.165, 1.54) is 6.21 Å². The van der Waals surface area contributed by atoms with E-state index in [0.29, 0.717) is 5.70 Å². The van der Waals surface area contributed by atoms with Crippen LogP contribution in [0.1, 0.15) is 25.5 Å². The van der Waals surface area contributed by atoms with Crippen LogP contribution in [-0.2, 0) is 4.74 Å². The van der Waals surface area contributed by atoms with Crippen LogP contribution in [0.5, 0.6) is 0 Å². The number of aliphatic imine (C=N–C) groups is 1. The van der Waals surface area contributed by atoms with E-state index in [1.54, 1.807) is 6.08 Å². The molecular weight excluding hydrogens is 340 g/mol. The lowest BCUT2D eigenvalue weighted by Crippen LogP contribution is -2.46. The number of likely N-dealkylation sites (tertiary alicyclic amines) is 1. The second-order valence-electron chi connectivity index (χ2n) is 7.50. The second kappa shape index (κ2) is 7.15. The number of aromatic nitrogens is 1. The Hall–Kier alpha value is -2.67. The number of H-pyrrole nitrogens is 1. The Bertz CT molecular complexity index is 810. The van der Waals surface area contributed by atoms with E-state index >= 15 is 0 Å². The zero-order valence-corrected chi connectivity index (χ0v) is 15.5. The zero-order valence-electron chi connectivity index (χ0n) is 15.5. The molecule has 27 heavy (non-hydrogen) atoms. The number of nitrogens with one attached hydrogen (secondary N) is 3. The molecule has 0 spiro atoms. The first kappa shape index (κ1) is 17.7. The van der Waals surface area contributed by atoms with Gasteiger partial charge in [0.25, 0.3) is 0 Å². The predicted octanol–water partition coefficient (Wildman–Crippen LogP) is 2.29. The molecule has 0 saturated carbocycles. The normalized spacial score (nSPS) is 30.7. The van der Waals surface area contributed by atoms with Gasteiger partial charge in [0.05, 0.1) is 17.9 Å². The Morgan fingerprint density at radius 3 is 2.70 bits per heavy atom. The molecule has 7 heteroatoms. The maximum absolute atomic E-state index is 8.64. The van der Waals surface area contributed by atoms with Crippen molar-refractivity contribution in [1.82, 2.24) is 9.88 Å². The van der Waals surface area contributed by atoms with E-state index in [1.807, 2.05) is 31.3 Å². The summed E-state index contributed by atoms with van der Waals surface area (Å²) in [6.07, 6.45) is 9.55. The van der Waals surface area contributed by atoms with Crippen LogP contribution in [-0.4, -0.2) is 53.1 Å². The van der Waals surface area contributed by atoms with Crippen molar-refractivity contribution in [3.8, 4) is 0 Å². The number of allylic oxidation sites excluding steroid dienone is 3. The SMILES string of the molecule is CC1C(C(=N)/N=C(\c2ccc[nH]2)N2C[C@H]3CC[C@@H](C2)O3)=CC=C(N)C1C=N. The van der Waals surface area contributed by atoms with Gasteiger partial charge in [-0.3, -0.25) is 5.41 Å². The molecule has 1 aromatic rings. The summed E-state index contributed by atoms with van der Waals surface area (Å²) in [7, 11) is 0. The van der Waals surface area contributed by atoms with Crippen molar-refractivity contribution >= 4 is 17.9 Å². The highest BCUT2D eigenvalue weighted by molar-refractivity contribution is 6.10. The highest BCUT2D eigenvalue weighted by Crippen LogP contribution is 2.30. The van der Waals surface area contributed by atoms with E-state index in [-0.39, 0.29) is 29.9 Å². The summed E-state index contributed by atoms with van der Waals surface area (Å²) in [4.78, 5) is 10.2. The molecule has 4 rings (SSSR count). The van der Waals surface area contributed by atoms with E-state index in [9.17, 15) is 0 Å². The molecule has 0 amide bonds. The molecule has 3 heterocycles. The van der Waals surface area contributed by atoms with Gasteiger partial charge in [0.1, 0.15) is 0 Å². The van der Waals surface area contributed by atoms with Crippen molar-refractivity contribution in [3.05, 3.63) is 47.4 Å². The average molecular weight is 366 g/mol. The number of amidine groups is 2. The molecule has 2 fully saturated rings. The van der Waals surface area contributed by atoms with E-state index in [2.05, 4.69) is 9.88 Å². The number of nitrogens with zero attached hydrogens (tertiary/aromatic N) is 2. The van der Waals surface area contributed by atoms with Gasteiger partial charge in [-0.2, -0.15) is 0 Å². The number of hydrogen-bond donors (Lipinski definition) is 4. The first-order chi connectivity index (χ1) is 13.1. The smallest absolute Gasteiger partial charge is 0.155 e. The summed E-state index contributed by atoms with van der Waals surface area (Å²) in [6.45, 7) is 3.59. The molecule has 7 nitrogen and oxygen atoms in total. The first-order valence-corrected chi connectivity index (χ1v) is 9.46. The number of rotatable bonds is 3. The van der Waals surface area contributed by atoms with E-state index in [4.69, 9.17) is 26.3 Å². The summed E-state index contributed by atoms with van der Waals surface area (Å²) >= 11 is 0. The van der Waals surface area contributed by atoms with Crippen molar-refractivity contribution in [2.24, 2.45) is 22.6 Å². The topological polar surface area (TPSA) is 114 Å². The summed E-state index contributed by atoms with van der Waals surface area (Å²) in [5.41, 5.74) is 8.38. The Balaban J connectivity index is 1.65. The van der Waals surface area contributed by atoms with Crippen LogP contribution in [0, 0.1) is 22.7 Å². The molecule has 5 N–H and O–H groups in total. The molecule has 0 aromatic carbocycles. The van der Waals surface area contributed by atoms with E-state index < -0.39 is 0 Å². The van der Waals surface area contributed by atoms with Gasteiger partial charge in [0.2, 0.25) is 0 Å². The van der Waals surface area contributed by atoms with E-state index in [0.717, 1.165) is 43.0 Å². The highest BCUT2D eigenvalue weighted by atomic mass is 16.5. The predicted molar refractivity (Wildman–Crippen MR) is 106 cm³/mol. The number of ether oxygens (including phenoxy) is 1. The Morgan fingerprint density at radius 1 is 1.33 bits per heavy atom. The van der Waals surface area contributed by atoms with Crippen molar-refractivity contribution in [1.29, 1.82) is 10.8 Å². The third-order valence-corrected chi connectivity index (χ3v) is 5.72. The van der Waals surface area contributed by atoms with Crippen LogP contribution in [0.25, 0.3) is 0 Å². The fourth-order valence-corrected chi connectivity index (χ4v) is 4.20. The molecule has 2 aliphatic heterocycles. The minimum absolute atomic E-state index is 0.0467. The highest BCUT2D eigenvalue weighted by Gasteiger charge is 2.36. The van der Waals surface area contributed by atoms with Gasteiger partial charge in [0, 0.05) is 42.7 Å². The van der Waals surface area contributed by atoms with Crippen molar-refractivity contribution < 1.29 is 4.74 Å². The fraction of sp³-hybridized carbons (Fsp3) is 0.450. The molecule has 4 atom stereocenters. The van der Waals surface area contributed by atoms with Gasteiger partial charge in [-0.1, -0.05) is 13.0 Å². The maximum Gasteiger partial charge on any atom is 0.155 e. The second-order valence-corrected chi connectivity index (χ2v) is 7.50. The molecule has 1 aromatic heterocycles. The number of fused-ring (bicyclic) bond motifs is 2. The van der Waals surface area contributed by atoms with Gasteiger partial charge >= 0.3 is 0 Å². The van der Waals surface area contributed by atoms with Crippen LogP contribution >= 0.6 is 0 Å². The van der Waals surface area contributed by atoms with Crippen LogP contribution < -0.4 is 5.73 Å². The standard InChI is InChI=1S/C20H26N6O/c1-12-15(6-7-17(22)16(12)9-21)19(23)25-20(18-3-2-8-24-18)26-10-13-4-5-14(11-26)27-13/h2-3,6-9,12-14,16,21,23-24H,4-5,10-11,22H2,1H3/b21-9?,23-19?,25-20+/t12?,13-,14+,16?. The molecule has 0 radical (unpaired) electrons. The van der Waals surface area contributed by atoms with Crippen molar-refractivity contribution in [2.75, 3.05) is 13.1 Å². The Morgan fingerprint density at radius 2 is 2.07 bits per heavy atom. The van der Waals surface area contributed by atoms with Gasteiger partial charge in [-0.15, -0.1) is 0 Å². The molecule has 142 valence electrons. The summed E-state index contributed by atoms with van der Waals surface area (Å²) in [5, 5.41) is 16.3. The van der Waals surface area contributed by atoms with Crippen molar-refractivity contribution in [2.45, 2.75) is 32.0 Å². The third-order valence-electron chi connectivity index (χ3n) is 5.72. The minimum Gasteiger partial charge on any atom is -0.401 e. The molecule has 1 aliphatic carbocycles. The lowest BCUT2D eigenvalue weighted by Gasteiger charge is -2.34. The maximum atomic E-state index is 8.64. The first-order valence-electron chi connectivity index (χ1n) is 9.46. The Labute approximate surface area is 159 Å². The monoisotopic (exact) mass is 366 g/mol. The van der Waals surface area contributed by atoms with Gasteiger partial charge in [-0.05, 0) is 37.0 Å². The summed E-state index contributed by atoms with van der Waals surface area (Å²) < 4.78 is 5.96. The number of morpholine rings is 1. The molecular formula is C20H26N6O. The fourth-order valence-electron chi connectivity index (χ4n) is 4.20. The number of hydrogen-bond acceptors (Lipinski definition) is 4. The van der Waals surface area contributed by atoms with Gasteiger partial charge in [0.15, 0.2) is 11.7 Å².